The molecule has 8 rings (SSSR count). The van der Waals surface area contributed by atoms with Crippen molar-refractivity contribution in [2.45, 2.75) is 118 Å². The van der Waals surface area contributed by atoms with Crippen molar-refractivity contribution in [1.29, 1.82) is 0 Å². The van der Waals surface area contributed by atoms with Gasteiger partial charge in [0.15, 0.2) is 11.6 Å². The second-order valence-corrected chi connectivity index (χ2v) is 22.0. The third kappa shape index (κ3) is 12.5. The highest BCUT2D eigenvalue weighted by Gasteiger charge is 2.44. The van der Waals surface area contributed by atoms with Gasteiger partial charge in [-0.05, 0) is 92.1 Å². The van der Waals surface area contributed by atoms with Crippen molar-refractivity contribution < 1.29 is 38.5 Å². The predicted molar refractivity (Wildman–Crippen MR) is 283 cm³/mol. The first-order chi connectivity index (χ1) is 35.0. The van der Waals surface area contributed by atoms with Crippen LogP contribution in [0.3, 0.4) is 0 Å². The van der Waals surface area contributed by atoms with Gasteiger partial charge in [0.1, 0.15) is 46.8 Å². The summed E-state index contributed by atoms with van der Waals surface area (Å²) in [6.45, 7) is 16.6. The SMILES string of the molecule is CC(=O)N[C@H](C(=O)N1C[C@H](O)C[C@H]1C(=O)CCc1ccc(-c2scnc2C)cc1OCCOCCCOc1ccc(C2=NC(CC(=O)Cc3ccccc3)c3nnc(C)n3-c3sc(C)c(C)c32)cc1)C(C)(C)C. The van der Waals surface area contributed by atoms with Crippen molar-refractivity contribution in [2.24, 2.45) is 10.4 Å². The Bertz CT molecular complexity index is 2970. The molecule has 2 aliphatic heterocycles. The number of fused-ring (bicyclic) bond motifs is 3. The van der Waals surface area contributed by atoms with Gasteiger partial charge in [0.25, 0.3) is 0 Å². The molecule has 0 radical (unpaired) electrons. The average Bonchev–Trinajstić information content (AvgIpc) is 4.13. The zero-order valence-electron chi connectivity index (χ0n) is 42.9. The Morgan fingerprint density at radius 1 is 0.904 bits per heavy atom. The maximum atomic E-state index is 13.8. The molecular weight excluding hydrogens is 963 g/mol. The number of hydrogen-bond donors (Lipinski definition) is 2. The number of β-amino-alcohol motifs (C(OH)–C–C–N with tert-alkyl or cyclic N) is 1. The summed E-state index contributed by atoms with van der Waals surface area (Å²) in [4.78, 5) is 66.6. The minimum atomic E-state index is -0.847. The molecule has 3 aromatic heterocycles. The van der Waals surface area contributed by atoms with E-state index in [2.05, 4.69) is 38.9 Å². The molecule has 17 heteroatoms. The first-order valence-corrected chi connectivity index (χ1v) is 26.6. The Morgan fingerprint density at radius 2 is 1.66 bits per heavy atom. The van der Waals surface area contributed by atoms with Crippen LogP contribution in [0.4, 0.5) is 0 Å². The third-order valence-corrected chi connectivity index (χ3v) is 15.5. The fourth-order valence-corrected chi connectivity index (χ4v) is 11.4. The van der Waals surface area contributed by atoms with Crippen LogP contribution < -0.4 is 14.8 Å². The number of rotatable bonds is 21. The topological polar surface area (TPSA) is 187 Å². The minimum absolute atomic E-state index is 0.0283. The van der Waals surface area contributed by atoms with Gasteiger partial charge in [-0.1, -0.05) is 63.2 Å². The number of aryl methyl sites for hydroxylation is 4. The van der Waals surface area contributed by atoms with Crippen molar-refractivity contribution in [3.8, 4) is 26.9 Å². The van der Waals surface area contributed by atoms with E-state index in [4.69, 9.17) is 19.2 Å². The number of hydrogen-bond acceptors (Lipinski definition) is 14. The lowest BCUT2D eigenvalue weighted by Crippen LogP contribution is -2.56. The van der Waals surface area contributed by atoms with Crippen LogP contribution in [0.2, 0.25) is 0 Å². The normalized spacial score (nSPS) is 16.8. The van der Waals surface area contributed by atoms with E-state index < -0.39 is 29.6 Å². The first kappa shape index (κ1) is 52.9. The molecule has 2 N–H and O–H groups in total. The summed E-state index contributed by atoms with van der Waals surface area (Å²) in [6, 6.07) is 21.5. The lowest BCUT2D eigenvalue weighted by Gasteiger charge is -2.35. The summed E-state index contributed by atoms with van der Waals surface area (Å²) in [5.74, 6) is 1.96. The van der Waals surface area contributed by atoms with Gasteiger partial charge in [-0.15, -0.1) is 32.9 Å². The van der Waals surface area contributed by atoms with E-state index in [1.165, 1.54) is 16.7 Å². The molecule has 2 amide bonds. The Balaban J connectivity index is 0.860. The van der Waals surface area contributed by atoms with E-state index in [0.717, 1.165) is 60.5 Å². The van der Waals surface area contributed by atoms with Crippen molar-refractivity contribution in [2.75, 3.05) is 33.0 Å². The van der Waals surface area contributed by atoms with Gasteiger partial charge < -0.3 is 29.5 Å². The summed E-state index contributed by atoms with van der Waals surface area (Å²) >= 11 is 3.22. The molecule has 0 saturated carbocycles. The van der Waals surface area contributed by atoms with Gasteiger partial charge in [-0.2, -0.15) is 0 Å². The lowest BCUT2D eigenvalue weighted by molar-refractivity contribution is -0.143. The van der Waals surface area contributed by atoms with E-state index in [9.17, 15) is 24.3 Å². The number of nitrogens with zero attached hydrogens (tertiary/aromatic N) is 6. The quantitative estimate of drug-likeness (QED) is 0.0657. The number of aliphatic imine (C=N–C) groups is 1. The van der Waals surface area contributed by atoms with Crippen LogP contribution in [-0.4, -0.2) is 110 Å². The number of nitrogens with one attached hydrogen (secondary N) is 1. The number of carbonyl (C=O) groups excluding carboxylic acids is 4. The fourth-order valence-electron chi connectivity index (χ4n) is 9.43. The Morgan fingerprint density at radius 3 is 2.37 bits per heavy atom. The summed E-state index contributed by atoms with van der Waals surface area (Å²) in [7, 11) is 0. The van der Waals surface area contributed by atoms with Crippen LogP contribution in [-0.2, 0) is 36.8 Å². The van der Waals surface area contributed by atoms with Gasteiger partial charge in [-0.25, -0.2) is 4.98 Å². The molecule has 15 nitrogen and oxygen atoms in total. The van der Waals surface area contributed by atoms with Crippen LogP contribution >= 0.6 is 22.7 Å². The lowest BCUT2D eigenvalue weighted by atomic mass is 9.85. The summed E-state index contributed by atoms with van der Waals surface area (Å²) in [5.41, 5.74) is 8.75. The van der Waals surface area contributed by atoms with Gasteiger partial charge in [0, 0.05) is 68.2 Å². The van der Waals surface area contributed by atoms with Crippen LogP contribution in [0, 0.1) is 33.1 Å². The molecule has 1 saturated heterocycles. The monoisotopic (exact) mass is 1030 g/mol. The Hall–Kier alpha value is -6.40. The van der Waals surface area contributed by atoms with Crippen molar-refractivity contribution in [1.82, 2.24) is 30.0 Å². The molecular formula is C56H65N7O8S2. The van der Waals surface area contributed by atoms with Crippen LogP contribution in [0.15, 0.2) is 83.3 Å². The molecule has 1 fully saturated rings. The molecule has 0 aliphatic carbocycles. The molecule has 4 atom stereocenters. The number of ketones is 2. The maximum Gasteiger partial charge on any atom is 0.246 e. The molecule has 384 valence electrons. The molecule has 73 heavy (non-hydrogen) atoms. The zero-order valence-corrected chi connectivity index (χ0v) is 44.5. The van der Waals surface area contributed by atoms with E-state index >= 15 is 0 Å². The Labute approximate surface area is 435 Å². The average molecular weight is 1030 g/mol. The van der Waals surface area contributed by atoms with Crippen molar-refractivity contribution in [3.63, 3.8) is 0 Å². The molecule has 1 unspecified atom stereocenters. The van der Waals surface area contributed by atoms with Crippen molar-refractivity contribution >= 4 is 51.8 Å². The first-order valence-electron chi connectivity index (χ1n) is 24.9. The van der Waals surface area contributed by atoms with Gasteiger partial charge in [0.2, 0.25) is 11.8 Å². The van der Waals surface area contributed by atoms with E-state index in [1.807, 2.05) is 113 Å². The van der Waals surface area contributed by atoms with Crippen LogP contribution in [0.5, 0.6) is 11.5 Å². The zero-order chi connectivity index (χ0) is 52.0. The number of likely N-dealkylation sites (tertiary alicyclic amines) is 1. The van der Waals surface area contributed by atoms with Gasteiger partial charge >= 0.3 is 0 Å². The number of aliphatic hydroxyl groups is 1. The second kappa shape index (κ2) is 23.2. The molecule has 3 aromatic carbocycles. The van der Waals surface area contributed by atoms with E-state index in [-0.39, 0.29) is 55.8 Å². The standard InChI is InChI=1S/C56H65N7O8S2/c1-33-35(3)73-55-49(33)50(59-45(53-61-60-36(4)63(53)55)29-42(65)27-38-13-10-9-11-14-38)40-17-20-44(21-18-40)70-24-12-23-69-25-26-71-48-28-41(51-34(2)57-32-72-51)16-15-39(48)19-22-47(67)46-30-43(66)31-62(46)54(68)52(56(6,7)8)58-37(5)64/h9-11,13-18,20-21,28,32,43,45-46,52,66H,12,19,22-27,29-31H2,1-8H3,(H,58,64)/t43-,45?,46+,52-/m1/s1. The maximum absolute atomic E-state index is 13.8. The van der Waals surface area contributed by atoms with Gasteiger partial charge in [-0.3, -0.25) is 28.7 Å². The molecule has 6 aromatic rings. The van der Waals surface area contributed by atoms with E-state index in [0.29, 0.717) is 56.4 Å². The largest absolute Gasteiger partial charge is 0.494 e. The number of carbonyl (C=O) groups is 4. The summed E-state index contributed by atoms with van der Waals surface area (Å²) < 4.78 is 20.5. The number of amides is 2. The second-order valence-electron chi connectivity index (χ2n) is 19.9. The number of ether oxygens (including phenoxy) is 3. The minimum Gasteiger partial charge on any atom is -0.494 e. The molecule has 0 bridgehead atoms. The number of aliphatic hydroxyl groups excluding tert-OH is 1. The highest BCUT2D eigenvalue weighted by molar-refractivity contribution is 7.15. The van der Waals surface area contributed by atoms with Gasteiger partial charge in [0.05, 0.1) is 47.2 Å². The highest BCUT2D eigenvalue weighted by atomic mass is 32.1. The van der Waals surface area contributed by atoms with Crippen molar-refractivity contribution in [3.05, 3.63) is 128 Å². The van der Waals surface area contributed by atoms with Crippen LogP contribution in [0.25, 0.3) is 15.4 Å². The number of thiazole rings is 1. The fraction of sp³-hybridized carbons (Fsp3) is 0.429. The summed E-state index contributed by atoms with van der Waals surface area (Å²) in [5, 5.41) is 23.4. The van der Waals surface area contributed by atoms with Crippen LogP contribution in [0.1, 0.15) is 109 Å². The number of Topliss-reactive ketones (excluding diaryl/α,β-unsaturated/α-hetero) is 2. The molecule has 2 aliphatic rings. The predicted octanol–water partition coefficient (Wildman–Crippen LogP) is 8.66. The summed E-state index contributed by atoms with van der Waals surface area (Å²) in [6.07, 6.45) is 0.952. The molecule has 5 heterocycles. The molecule has 0 spiro atoms. The van der Waals surface area contributed by atoms with E-state index in [1.54, 1.807) is 22.7 Å². The Kier molecular flexibility index (Phi) is 16.8. The highest BCUT2D eigenvalue weighted by Crippen LogP contribution is 2.40. The third-order valence-electron chi connectivity index (χ3n) is 13.3. The number of benzene rings is 3. The number of thiophene rings is 1. The smallest absolute Gasteiger partial charge is 0.246 e. The number of aromatic nitrogens is 4.